The molecule has 1 saturated heterocycles. The molecule has 8 heteroatoms. The number of amides is 1. The Hall–Kier alpha value is -2.32. The Morgan fingerprint density at radius 1 is 1.43 bits per heavy atom. The van der Waals surface area contributed by atoms with E-state index in [0.29, 0.717) is 35.1 Å². The molecular weight excluding hydrogens is 383 g/mol. The van der Waals surface area contributed by atoms with Gasteiger partial charge in [0.2, 0.25) is 0 Å². The summed E-state index contributed by atoms with van der Waals surface area (Å²) in [5.74, 6) is -0.847. The lowest BCUT2D eigenvalue weighted by molar-refractivity contribution is -0.148. The third-order valence-corrected chi connectivity index (χ3v) is 5.67. The largest absolute Gasteiger partial charge is 0.478 e. The van der Waals surface area contributed by atoms with Gasteiger partial charge < -0.3 is 19.6 Å². The molecule has 2 aliphatic heterocycles. The lowest BCUT2D eigenvalue weighted by atomic mass is 10.0. The molecule has 1 fully saturated rings. The van der Waals surface area contributed by atoms with Crippen molar-refractivity contribution >= 4 is 23.6 Å². The standard InChI is InChI=1S/C20H23FN2O4S/c1-3-28-19-18(20(25)26)13(2)9-16(22-7-8-27-12-17(22)24)23(19)11-14-5-4-6-15(21)10-14/h4-6,9-10,16H,3,7-8,11-12H2,1-2H3,(H,25,26). The highest BCUT2D eigenvalue weighted by Crippen LogP contribution is 2.37. The number of aliphatic carboxylic acids is 1. The van der Waals surface area contributed by atoms with Gasteiger partial charge in [-0.1, -0.05) is 19.1 Å². The Bertz CT molecular complexity index is 839. The van der Waals surface area contributed by atoms with E-state index in [9.17, 15) is 19.1 Å². The van der Waals surface area contributed by atoms with E-state index in [0.717, 1.165) is 0 Å². The molecule has 0 radical (unpaired) electrons. The van der Waals surface area contributed by atoms with Gasteiger partial charge in [-0.25, -0.2) is 9.18 Å². The zero-order valence-corrected chi connectivity index (χ0v) is 16.7. The van der Waals surface area contributed by atoms with E-state index in [2.05, 4.69) is 0 Å². The van der Waals surface area contributed by atoms with Crippen molar-refractivity contribution in [3.63, 3.8) is 0 Å². The van der Waals surface area contributed by atoms with Crippen LogP contribution in [0.1, 0.15) is 19.4 Å². The Labute approximate surface area is 167 Å². The van der Waals surface area contributed by atoms with Crippen LogP contribution in [0.15, 0.2) is 46.5 Å². The predicted molar refractivity (Wildman–Crippen MR) is 105 cm³/mol. The molecule has 0 aliphatic carbocycles. The second kappa shape index (κ2) is 8.79. The summed E-state index contributed by atoms with van der Waals surface area (Å²) in [4.78, 5) is 28.0. The number of carboxylic acids is 1. The summed E-state index contributed by atoms with van der Waals surface area (Å²) >= 11 is 1.41. The van der Waals surface area contributed by atoms with Gasteiger partial charge in [0.1, 0.15) is 18.6 Å². The molecule has 2 heterocycles. The van der Waals surface area contributed by atoms with Gasteiger partial charge in [0.05, 0.1) is 17.2 Å². The first-order chi connectivity index (χ1) is 13.4. The molecule has 28 heavy (non-hydrogen) atoms. The summed E-state index contributed by atoms with van der Waals surface area (Å²) in [6.07, 6.45) is 1.35. The summed E-state index contributed by atoms with van der Waals surface area (Å²) in [6, 6.07) is 6.21. The number of halogens is 1. The Balaban J connectivity index is 2.06. The van der Waals surface area contributed by atoms with E-state index in [1.807, 2.05) is 11.8 Å². The van der Waals surface area contributed by atoms with Crippen LogP contribution in [0.3, 0.4) is 0 Å². The maximum atomic E-state index is 13.7. The first-order valence-corrected chi connectivity index (χ1v) is 10.1. The molecule has 6 nitrogen and oxygen atoms in total. The molecule has 1 atom stereocenters. The fourth-order valence-corrected chi connectivity index (χ4v) is 4.45. The molecule has 1 N–H and O–H groups in total. The Kier molecular flexibility index (Phi) is 6.41. The Morgan fingerprint density at radius 3 is 2.86 bits per heavy atom. The van der Waals surface area contributed by atoms with Gasteiger partial charge >= 0.3 is 5.97 Å². The number of nitrogens with zero attached hydrogens (tertiary/aromatic N) is 2. The summed E-state index contributed by atoms with van der Waals surface area (Å²) in [7, 11) is 0. The van der Waals surface area contributed by atoms with Crippen LogP contribution < -0.4 is 0 Å². The van der Waals surface area contributed by atoms with Crippen LogP contribution in [0, 0.1) is 5.82 Å². The number of ether oxygens (including phenoxy) is 1. The SMILES string of the molecule is CCSC1=C(C(=O)O)C(C)=CC(N2CCOCC2=O)N1Cc1cccc(F)c1. The normalized spacial score (nSPS) is 20.5. The third kappa shape index (κ3) is 4.23. The smallest absolute Gasteiger partial charge is 0.338 e. The van der Waals surface area contributed by atoms with E-state index in [1.54, 1.807) is 30.0 Å². The van der Waals surface area contributed by atoms with E-state index >= 15 is 0 Å². The highest BCUT2D eigenvalue weighted by Gasteiger charge is 2.36. The minimum Gasteiger partial charge on any atom is -0.478 e. The number of rotatable bonds is 6. The third-order valence-electron chi connectivity index (χ3n) is 4.67. The van der Waals surface area contributed by atoms with E-state index in [1.165, 1.54) is 23.9 Å². The summed E-state index contributed by atoms with van der Waals surface area (Å²) in [6.45, 7) is 4.82. The van der Waals surface area contributed by atoms with Crippen molar-refractivity contribution in [3.05, 3.63) is 57.9 Å². The van der Waals surface area contributed by atoms with Crippen molar-refractivity contribution in [1.29, 1.82) is 0 Å². The molecule has 0 bridgehead atoms. The van der Waals surface area contributed by atoms with Crippen LogP contribution in [0.4, 0.5) is 4.39 Å². The van der Waals surface area contributed by atoms with Crippen LogP contribution in [-0.4, -0.2) is 58.5 Å². The number of hydrogen-bond donors (Lipinski definition) is 1. The molecular formula is C20H23FN2O4S. The highest BCUT2D eigenvalue weighted by atomic mass is 32.2. The molecule has 1 unspecified atom stereocenters. The number of benzene rings is 1. The first kappa shape index (κ1) is 20.4. The van der Waals surface area contributed by atoms with Crippen LogP contribution in [-0.2, 0) is 20.9 Å². The zero-order chi connectivity index (χ0) is 20.3. The molecule has 0 aromatic heterocycles. The van der Waals surface area contributed by atoms with Crippen LogP contribution in [0.2, 0.25) is 0 Å². The average Bonchev–Trinajstić information content (AvgIpc) is 2.64. The van der Waals surface area contributed by atoms with Crippen LogP contribution in [0.5, 0.6) is 0 Å². The summed E-state index contributed by atoms with van der Waals surface area (Å²) in [5.41, 5.74) is 1.54. The summed E-state index contributed by atoms with van der Waals surface area (Å²) < 4.78 is 19.0. The fourth-order valence-electron chi connectivity index (χ4n) is 3.45. The predicted octanol–water partition coefficient (Wildman–Crippen LogP) is 2.82. The minimum absolute atomic E-state index is 0.00293. The second-order valence-electron chi connectivity index (χ2n) is 6.58. The van der Waals surface area contributed by atoms with Crippen molar-refractivity contribution in [2.75, 3.05) is 25.5 Å². The number of carboxylic acid groups (broad SMARTS) is 1. The number of thioether (sulfide) groups is 1. The number of carbonyl (C=O) groups is 2. The molecule has 3 rings (SSSR count). The topological polar surface area (TPSA) is 70.1 Å². The lowest BCUT2D eigenvalue weighted by Crippen LogP contribution is -2.55. The Morgan fingerprint density at radius 2 is 2.21 bits per heavy atom. The van der Waals surface area contributed by atoms with Crippen molar-refractivity contribution in [3.8, 4) is 0 Å². The van der Waals surface area contributed by atoms with Gasteiger partial charge in [0.25, 0.3) is 5.91 Å². The highest BCUT2D eigenvalue weighted by molar-refractivity contribution is 8.03. The monoisotopic (exact) mass is 406 g/mol. The maximum Gasteiger partial charge on any atom is 0.338 e. The van der Waals surface area contributed by atoms with Gasteiger partial charge in [0.15, 0.2) is 0 Å². The molecule has 1 aromatic rings. The average molecular weight is 406 g/mol. The minimum atomic E-state index is -1.01. The van der Waals surface area contributed by atoms with Crippen molar-refractivity contribution < 1.29 is 23.8 Å². The lowest BCUT2D eigenvalue weighted by Gasteiger charge is -2.44. The molecule has 1 amide bonds. The fraction of sp³-hybridized carbons (Fsp3) is 0.400. The van der Waals surface area contributed by atoms with Gasteiger partial charge in [-0.3, -0.25) is 4.79 Å². The molecule has 1 aromatic carbocycles. The van der Waals surface area contributed by atoms with Crippen molar-refractivity contribution in [1.82, 2.24) is 9.80 Å². The van der Waals surface area contributed by atoms with Crippen LogP contribution in [0.25, 0.3) is 0 Å². The van der Waals surface area contributed by atoms with Gasteiger partial charge in [0, 0.05) is 13.1 Å². The van der Waals surface area contributed by atoms with E-state index in [4.69, 9.17) is 4.74 Å². The summed E-state index contributed by atoms with van der Waals surface area (Å²) in [5, 5.41) is 10.4. The zero-order valence-electron chi connectivity index (χ0n) is 15.9. The number of hydrogen-bond acceptors (Lipinski definition) is 5. The first-order valence-electron chi connectivity index (χ1n) is 9.09. The molecule has 2 aliphatic rings. The van der Waals surface area contributed by atoms with Crippen LogP contribution >= 0.6 is 11.8 Å². The molecule has 150 valence electrons. The quantitative estimate of drug-likeness (QED) is 0.784. The van der Waals surface area contributed by atoms with E-state index < -0.39 is 12.1 Å². The number of carbonyl (C=O) groups excluding carboxylic acids is 1. The second-order valence-corrected chi connectivity index (χ2v) is 7.83. The molecule has 0 spiro atoms. The van der Waals surface area contributed by atoms with E-state index in [-0.39, 0.29) is 30.4 Å². The van der Waals surface area contributed by atoms with Crippen molar-refractivity contribution in [2.24, 2.45) is 0 Å². The van der Waals surface area contributed by atoms with Gasteiger partial charge in [-0.2, -0.15) is 0 Å². The number of morpholine rings is 1. The van der Waals surface area contributed by atoms with Gasteiger partial charge in [-0.15, -0.1) is 11.8 Å². The maximum absolute atomic E-state index is 13.7. The molecule has 0 saturated carbocycles. The van der Waals surface area contributed by atoms with Crippen molar-refractivity contribution in [2.45, 2.75) is 26.6 Å². The van der Waals surface area contributed by atoms with Gasteiger partial charge in [-0.05, 0) is 42.0 Å².